The Hall–Kier alpha value is -2.54. The summed E-state index contributed by atoms with van der Waals surface area (Å²) in [7, 11) is 0. The fourth-order valence-corrected chi connectivity index (χ4v) is 5.86. The minimum atomic E-state index is -0.485. The molecule has 1 heterocycles. The first-order valence-electron chi connectivity index (χ1n) is 9.78. The number of nitro groups is 1. The summed E-state index contributed by atoms with van der Waals surface area (Å²) in [4.78, 5) is 22.8. The van der Waals surface area contributed by atoms with Gasteiger partial charge in [0.15, 0.2) is 5.76 Å². The molecule has 0 aliphatic heterocycles. The van der Waals surface area contributed by atoms with Crippen molar-refractivity contribution in [1.29, 1.82) is 0 Å². The van der Waals surface area contributed by atoms with Crippen molar-refractivity contribution in [2.75, 3.05) is 0 Å². The van der Waals surface area contributed by atoms with Crippen LogP contribution in [-0.4, -0.2) is 17.0 Å². The number of benzene rings is 3. The van der Waals surface area contributed by atoms with Crippen molar-refractivity contribution in [1.82, 2.24) is 5.43 Å². The third-order valence-electron chi connectivity index (χ3n) is 4.69. The molecule has 35 heavy (non-hydrogen) atoms. The van der Waals surface area contributed by atoms with Gasteiger partial charge in [-0.25, -0.2) is 5.43 Å². The summed E-state index contributed by atoms with van der Waals surface area (Å²) in [5.41, 5.74) is 4.53. The molecule has 0 aliphatic carbocycles. The van der Waals surface area contributed by atoms with Gasteiger partial charge >= 0.3 is 5.91 Å². The molecular formula is C23H13Br4N3O5. The minimum Gasteiger partial charge on any atom is -0.487 e. The topological polar surface area (TPSA) is 107 Å². The summed E-state index contributed by atoms with van der Waals surface area (Å²) in [6.45, 7) is 0.225. The molecule has 0 atom stereocenters. The van der Waals surface area contributed by atoms with Crippen LogP contribution < -0.4 is 10.2 Å². The zero-order valence-corrected chi connectivity index (χ0v) is 23.8. The maximum absolute atomic E-state index is 12.4. The molecule has 3 aromatic carbocycles. The summed E-state index contributed by atoms with van der Waals surface area (Å²) in [5, 5.41) is 15.6. The van der Waals surface area contributed by atoms with Gasteiger partial charge in [-0.05, 0) is 101 Å². The van der Waals surface area contributed by atoms with Crippen molar-refractivity contribution in [3.05, 3.63) is 99.5 Å². The Labute approximate surface area is 232 Å². The van der Waals surface area contributed by atoms with Crippen LogP contribution in [0, 0.1) is 10.1 Å². The lowest BCUT2D eigenvalue weighted by molar-refractivity contribution is -0.384. The Bertz CT molecular complexity index is 1450. The van der Waals surface area contributed by atoms with E-state index in [-0.39, 0.29) is 18.1 Å². The van der Waals surface area contributed by atoms with Crippen LogP contribution in [0.1, 0.15) is 21.7 Å². The number of hydrogen-bond donors (Lipinski definition) is 1. The lowest BCUT2D eigenvalue weighted by Gasteiger charge is -2.11. The highest BCUT2D eigenvalue weighted by atomic mass is 79.9. The van der Waals surface area contributed by atoms with Gasteiger partial charge in [0.1, 0.15) is 17.9 Å². The van der Waals surface area contributed by atoms with E-state index < -0.39 is 10.8 Å². The maximum atomic E-state index is 12.4. The van der Waals surface area contributed by atoms with Crippen molar-refractivity contribution >= 4 is 92.5 Å². The molecule has 4 rings (SSSR count). The van der Waals surface area contributed by atoms with Crippen LogP contribution in [0.4, 0.5) is 5.69 Å². The third kappa shape index (κ3) is 6.18. The molecule has 0 spiro atoms. The molecule has 8 nitrogen and oxygen atoms in total. The quantitative estimate of drug-likeness (QED) is 0.119. The van der Waals surface area contributed by atoms with E-state index >= 15 is 0 Å². The van der Waals surface area contributed by atoms with Crippen LogP contribution in [0.25, 0.3) is 11.0 Å². The lowest BCUT2D eigenvalue weighted by atomic mass is 10.2. The van der Waals surface area contributed by atoms with Gasteiger partial charge in [-0.1, -0.05) is 15.9 Å². The summed E-state index contributed by atoms with van der Waals surface area (Å²) in [5.74, 6) is 0.207. The van der Waals surface area contributed by atoms with Crippen molar-refractivity contribution in [2.45, 2.75) is 6.61 Å². The van der Waals surface area contributed by atoms with Gasteiger partial charge < -0.3 is 9.15 Å². The summed E-state index contributed by atoms with van der Waals surface area (Å²) < 4.78 is 14.4. The van der Waals surface area contributed by atoms with Crippen molar-refractivity contribution < 1.29 is 18.9 Å². The van der Waals surface area contributed by atoms with Gasteiger partial charge in [0.2, 0.25) is 0 Å². The SMILES string of the molecule is O=C(N/N=C\c1cc(Br)c(OCc2ccc([N+](=O)[O-])cc2)c(Br)c1)c1cc2cc(Br)cc(Br)c2o1. The van der Waals surface area contributed by atoms with E-state index in [9.17, 15) is 14.9 Å². The second-order valence-electron chi connectivity index (χ2n) is 7.14. The van der Waals surface area contributed by atoms with Crippen LogP contribution >= 0.6 is 63.7 Å². The van der Waals surface area contributed by atoms with Crippen LogP contribution in [0.15, 0.2) is 82.0 Å². The number of nitrogens with zero attached hydrogens (tertiary/aromatic N) is 2. The number of nitrogens with one attached hydrogen (secondary N) is 1. The fraction of sp³-hybridized carbons (Fsp3) is 0.0435. The monoisotopic (exact) mass is 727 g/mol. The van der Waals surface area contributed by atoms with Crippen molar-refractivity contribution in [2.24, 2.45) is 5.10 Å². The van der Waals surface area contributed by atoms with Crippen LogP contribution in [0.3, 0.4) is 0 Å². The number of fused-ring (bicyclic) bond motifs is 1. The molecule has 0 bridgehead atoms. The minimum absolute atomic E-state index is 0.0214. The normalized spacial score (nSPS) is 11.2. The molecule has 12 heteroatoms. The number of rotatable bonds is 7. The number of carbonyl (C=O) groups is 1. The Morgan fingerprint density at radius 1 is 1.03 bits per heavy atom. The molecule has 0 aliphatic rings. The number of ether oxygens (including phenoxy) is 1. The molecule has 0 unspecified atom stereocenters. The summed E-state index contributed by atoms with van der Waals surface area (Å²) in [6.07, 6.45) is 1.49. The number of amides is 1. The molecule has 0 radical (unpaired) electrons. The standard InChI is InChI=1S/C23H13Br4N3O5/c24-15-7-14-8-20(35-21(14)19(27)9-15)23(31)29-28-10-13-5-17(25)22(18(26)6-13)34-11-12-1-3-16(4-2-12)30(32)33/h1-10H,11H2,(H,29,31)/b28-10-. The van der Waals surface area contributed by atoms with E-state index in [1.807, 2.05) is 12.1 Å². The molecular weight excluding hydrogens is 718 g/mol. The number of halogens is 4. The van der Waals surface area contributed by atoms with Gasteiger partial charge in [0, 0.05) is 22.0 Å². The zero-order chi connectivity index (χ0) is 25.1. The van der Waals surface area contributed by atoms with E-state index in [0.29, 0.717) is 25.8 Å². The first-order valence-corrected chi connectivity index (χ1v) is 13.0. The van der Waals surface area contributed by atoms with E-state index in [2.05, 4.69) is 74.2 Å². The lowest BCUT2D eigenvalue weighted by Crippen LogP contribution is -2.16. The van der Waals surface area contributed by atoms with E-state index in [0.717, 1.165) is 19.9 Å². The summed E-state index contributed by atoms with van der Waals surface area (Å²) >= 11 is 13.8. The molecule has 0 saturated carbocycles. The second kappa shape index (κ2) is 11.0. The van der Waals surface area contributed by atoms with Gasteiger partial charge in [-0.3, -0.25) is 14.9 Å². The molecule has 178 valence electrons. The van der Waals surface area contributed by atoms with E-state index in [1.54, 1.807) is 30.3 Å². The highest BCUT2D eigenvalue weighted by Crippen LogP contribution is 2.35. The van der Waals surface area contributed by atoms with Crippen molar-refractivity contribution in [3.63, 3.8) is 0 Å². The number of nitro benzene ring substituents is 1. The van der Waals surface area contributed by atoms with Crippen LogP contribution in [0.2, 0.25) is 0 Å². The number of carbonyl (C=O) groups excluding carboxylic acids is 1. The van der Waals surface area contributed by atoms with Gasteiger partial charge in [-0.15, -0.1) is 0 Å². The van der Waals surface area contributed by atoms with Crippen molar-refractivity contribution in [3.8, 4) is 5.75 Å². The number of hydrogen-bond acceptors (Lipinski definition) is 6. The highest BCUT2D eigenvalue weighted by molar-refractivity contribution is 9.11. The average molecular weight is 731 g/mol. The van der Waals surface area contributed by atoms with Crippen LogP contribution in [-0.2, 0) is 6.61 Å². The smallest absolute Gasteiger partial charge is 0.307 e. The first kappa shape index (κ1) is 25.5. The number of non-ortho nitro benzene ring substituents is 1. The molecule has 1 aromatic heterocycles. The zero-order valence-electron chi connectivity index (χ0n) is 17.4. The largest absolute Gasteiger partial charge is 0.487 e. The average Bonchev–Trinajstić information content (AvgIpc) is 3.23. The summed E-state index contributed by atoms with van der Waals surface area (Å²) in [6, 6.07) is 15.0. The Kier molecular flexibility index (Phi) is 8.05. The Morgan fingerprint density at radius 2 is 1.71 bits per heavy atom. The molecule has 1 amide bonds. The Balaban J connectivity index is 1.40. The van der Waals surface area contributed by atoms with Gasteiger partial charge in [-0.2, -0.15) is 5.10 Å². The van der Waals surface area contributed by atoms with Gasteiger partial charge in [0.25, 0.3) is 5.69 Å². The number of furan rings is 1. The Morgan fingerprint density at radius 3 is 2.37 bits per heavy atom. The molecule has 0 saturated heterocycles. The molecule has 0 fully saturated rings. The first-order chi connectivity index (χ1) is 16.7. The predicted molar refractivity (Wildman–Crippen MR) is 146 cm³/mol. The number of hydrazone groups is 1. The second-order valence-corrected chi connectivity index (χ2v) is 10.6. The fourth-order valence-electron chi connectivity index (χ4n) is 3.07. The molecule has 4 aromatic rings. The maximum Gasteiger partial charge on any atom is 0.307 e. The highest BCUT2D eigenvalue weighted by Gasteiger charge is 2.14. The predicted octanol–water partition coefficient (Wildman–Crippen LogP) is 7.73. The van der Waals surface area contributed by atoms with Crippen LogP contribution in [0.5, 0.6) is 5.75 Å². The van der Waals surface area contributed by atoms with E-state index in [4.69, 9.17) is 9.15 Å². The van der Waals surface area contributed by atoms with Gasteiger partial charge in [0.05, 0.1) is 24.6 Å². The molecule has 1 N–H and O–H groups in total. The third-order valence-corrected chi connectivity index (χ3v) is 6.92. The van der Waals surface area contributed by atoms with E-state index in [1.165, 1.54) is 18.3 Å².